The molecule has 5 rings (SSSR count). The summed E-state index contributed by atoms with van der Waals surface area (Å²) in [7, 11) is 0. The molecule has 0 radical (unpaired) electrons. The topological polar surface area (TPSA) is 33.1 Å². The number of benzene rings is 1. The average Bonchev–Trinajstić information content (AvgIpc) is 2.67. The van der Waals surface area contributed by atoms with Gasteiger partial charge in [-0.15, -0.1) is 6.58 Å². The molecule has 2 bridgehead atoms. The first-order chi connectivity index (χ1) is 11.7. The van der Waals surface area contributed by atoms with Crippen molar-refractivity contribution >= 4 is 10.9 Å². The zero-order valence-corrected chi connectivity index (χ0v) is 14.4. The minimum Gasteiger partial charge on any atom is -0.382 e. The number of nitrogens with zero attached hydrogens (tertiary/aromatic N) is 2. The molecule has 3 fully saturated rings. The van der Waals surface area contributed by atoms with Crippen LogP contribution in [-0.2, 0) is 0 Å². The van der Waals surface area contributed by atoms with Crippen LogP contribution in [0.4, 0.5) is 0 Å². The minimum atomic E-state index is -0.425. The SMILES string of the molecule is C=C[C@H]1C[N@+]2(CC)CC[C@H]1C[C@H]2[C@H](O)c1ccnc2ccccc12. The number of hydrogen-bond acceptors (Lipinski definition) is 2. The van der Waals surface area contributed by atoms with Gasteiger partial charge in [-0.3, -0.25) is 4.98 Å². The highest BCUT2D eigenvalue weighted by molar-refractivity contribution is 5.82. The molecule has 3 saturated heterocycles. The molecular weight excluding hydrogens is 296 g/mol. The fourth-order valence-electron chi connectivity index (χ4n) is 5.23. The van der Waals surface area contributed by atoms with Gasteiger partial charge in [0.25, 0.3) is 0 Å². The van der Waals surface area contributed by atoms with Crippen molar-refractivity contribution in [2.75, 3.05) is 19.6 Å². The Balaban J connectivity index is 1.74. The first kappa shape index (κ1) is 15.8. The standard InChI is InChI=1S/C21H27N2O/c1-3-15-14-23(4-2)12-10-16(15)13-20(23)21(24)18-9-11-22-19-8-6-5-7-17(18)19/h3,5-9,11,15-16,20-21,24H,1,4,10,12-14H2,2H3/q+1/t15-,16-,20-,21+,23-/m0/s1. The number of likely N-dealkylation sites (N-methyl/N-ethyl adjacent to an activating group) is 1. The van der Waals surface area contributed by atoms with Crippen LogP contribution in [0.15, 0.2) is 49.2 Å². The Morgan fingerprint density at radius 2 is 2.21 bits per heavy atom. The number of piperidine rings is 3. The summed E-state index contributed by atoms with van der Waals surface area (Å²) < 4.78 is 1.03. The van der Waals surface area contributed by atoms with Crippen LogP contribution in [0.5, 0.6) is 0 Å². The van der Waals surface area contributed by atoms with Gasteiger partial charge in [0, 0.05) is 30.3 Å². The van der Waals surface area contributed by atoms with E-state index in [0.717, 1.165) is 40.5 Å². The molecule has 3 aliphatic heterocycles. The maximum atomic E-state index is 11.4. The maximum absolute atomic E-state index is 11.4. The van der Waals surface area contributed by atoms with Crippen molar-refractivity contribution in [1.82, 2.24) is 4.98 Å². The lowest BCUT2D eigenvalue weighted by molar-refractivity contribution is -0.971. The summed E-state index contributed by atoms with van der Waals surface area (Å²) in [6.07, 6.45) is 5.93. The Kier molecular flexibility index (Phi) is 3.93. The lowest BCUT2D eigenvalue weighted by Gasteiger charge is -2.57. The summed E-state index contributed by atoms with van der Waals surface area (Å²) in [6.45, 7) is 9.74. The van der Waals surface area contributed by atoms with Crippen molar-refractivity contribution in [2.24, 2.45) is 11.8 Å². The van der Waals surface area contributed by atoms with Crippen molar-refractivity contribution in [1.29, 1.82) is 0 Å². The van der Waals surface area contributed by atoms with Gasteiger partial charge in [-0.25, -0.2) is 0 Å². The van der Waals surface area contributed by atoms with Crippen LogP contribution in [-0.4, -0.2) is 40.2 Å². The molecule has 24 heavy (non-hydrogen) atoms. The fraction of sp³-hybridized carbons (Fsp3) is 0.476. The molecule has 5 atom stereocenters. The van der Waals surface area contributed by atoms with Crippen molar-refractivity contribution in [2.45, 2.75) is 31.9 Å². The monoisotopic (exact) mass is 323 g/mol. The first-order valence-corrected chi connectivity index (χ1v) is 9.18. The van der Waals surface area contributed by atoms with Crippen molar-refractivity contribution < 1.29 is 9.59 Å². The van der Waals surface area contributed by atoms with E-state index >= 15 is 0 Å². The quantitative estimate of drug-likeness (QED) is 0.687. The van der Waals surface area contributed by atoms with Crippen LogP contribution < -0.4 is 0 Å². The average molecular weight is 323 g/mol. The lowest BCUT2D eigenvalue weighted by Crippen LogP contribution is -2.68. The Hall–Kier alpha value is -1.71. The molecule has 0 saturated carbocycles. The Morgan fingerprint density at radius 1 is 1.38 bits per heavy atom. The van der Waals surface area contributed by atoms with Gasteiger partial charge in [-0.2, -0.15) is 0 Å². The molecule has 0 aliphatic carbocycles. The van der Waals surface area contributed by atoms with Crippen molar-refractivity contribution in [3.05, 3.63) is 54.7 Å². The summed E-state index contributed by atoms with van der Waals surface area (Å²) in [4.78, 5) is 4.45. The third-order valence-corrected chi connectivity index (χ3v) is 6.67. The third kappa shape index (κ3) is 2.30. The molecule has 3 heteroatoms. The highest BCUT2D eigenvalue weighted by atomic mass is 16.3. The van der Waals surface area contributed by atoms with Crippen LogP contribution in [0, 0.1) is 11.8 Å². The molecule has 0 unspecified atom stereocenters. The van der Waals surface area contributed by atoms with Gasteiger partial charge in [-0.05, 0) is 30.5 Å². The van der Waals surface area contributed by atoms with E-state index in [1.807, 2.05) is 30.5 Å². The van der Waals surface area contributed by atoms with Crippen LogP contribution in [0.2, 0.25) is 0 Å². The maximum Gasteiger partial charge on any atom is 0.131 e. The Bertz CT molecular complexity index is 753. The molecule has 3 nitrogen and oxygen atoms in total. The molecule has 2 aromatic rings. The van der Waals surface area contributed by atoms with E-state index in [1.165, 1.54) is 13.0 Å². The van der Waals surface area contributed by atoms with E-state index in [0.29, 0.717) is 11.8 Å². The zero-order valence-electron chi connectivity index (χ0n) is 14.4. The molecule has 0 spiro atoms. The van der Waals surface area contributed by atoms with Gasteiger partial charge in [-0.1, -0.05) is 24.3 Å². The number of aromatic nitrogens is 1. The smallest absolute Gasteiger partial charge is 0.131 e. The summed E-state index contributed by atoms with van der Waals surface area (Å²) in [5.74, 6) is 1.29. The van der Waals surface area contributed by atoms with Crippen LogP contribution >= 0.6 is 0 Å². The number of hydrogen-bond donors (Lipinski definition) is 1. The molecule has 1 aromatic carbocycles. The molecule has 4 heterocycles. The predicted molar refractivity (Wildman–Crippen MR) is 97.4 cm³/mol. The Labute approximate surface area is 144 Å². The second kappa shape index (κ2) is 5.98. The van der Waals surface area contributed by atoms with Crippen LogP contribution in [0.1, 0.15) is 31.4 Å². The number of fused-ring (bicyclic) bond motifs is 4. The van der Waals surface area contributed by atoms with E-state index in [2.05, 4.69) is 30.6 Å². The molecule has 1 aromatic heterocycles. The zero-order chi connectivity index (χ0) is 16.7. The highest BCUT2D eigenvalue weighted by Gasteiger charge is 2.53. The van der Waals surface area contributed by atoms with Gasteiger partial charge in [0.2, 0.25) is 0 Å². The largest absolute Gasteiger partial charge is 0.382 e. The minimum absolute atomic E-state index is 0.288. The highest BCUT2D eigenvalue weighted by Crippen LogP contribution is 2.46. The van der Waals surface area contributed by atoms with Crippen LogP contribution in [0.3, 0.4) is 0 Å². The normalized spacial score (nSPS) is 33.5. The van der Waals surface area contributed by atoms with Gasteiger partial charge >= 0.3 is 0 Å². The summed E-state index contributed by atoms with van der Waals surface area (Å²) in [5, 5.41) is 12.4. The van der Waals surface area contributed by atoms with E-state index < -0.39 is 6.10 Å². The lowest BCUT2D eigenvalue weighted by atomic mass is 9.71. The van der Waals surface area contributed by atoms with E-state index in [4.69, 9.17) is 0 Å². The Morgan fingerprint density at radius 3 is 3.00 bits per heavy atom. The summed E-state index contributed by atoms with van der Waals surface area (Å²) in [6, 6.07) is 10.4. The number of aliphatic hydroxyl groups excluding tert-OH is 1. The van der Waals surface area contributed by atoms with Gasteiger partial charge in [0.05, 0.1) is 25.2 Å². The third-order valence-electron chi connectivity index (χ3n) is 6.67. The van der Waals surface area contributed by atoms with Crippen LogP contribution in [0.25, 0.3) is 10.9 Å². The first-order valence-electron chi connectivity index (χ1n) is 9.18. The number of pyridine rings is 1. The molecule has 1 N–H and O–H groups in total. The summed E-state index contributed by atoms with van der Waals surface area (Å²) >= 11 is 0. The number of rotatable bonds is 4. The molecule has 126 valence electrons. The molecule has 0 amide bonds. The van der Waals surface area contributed by atoms with Crippen molar-refractivity contribution in [3.8, 4) is 0 Å². The van der Waals surface area contributed by atoms with E-state index in [9.17, 15) is 5.11 Å². The second-order valence-corrected chi connectivity index (χ2v) is 7.55. The van der Waals surface area contributed by atoms with Gasteiger partial charge in [0.1, 0.15) is 12.1 Å². The van der Waals surface area contributed by atoms with E-state index in [1.54, 1.807) is 0 Å². The van der Waals surface area contributed by atoms with Gasteiger partial charge < -0.3 is 9.59 Å². The summed E-state index contributed by atoms with van der Waals surface area (Å²) in [5.41, 5.74) is 2.01. The number of quaternary nitrogens is 1. The van der Waals surface area contributed by atoms with Gasteiger partial charge in [0.15, 0.2) is 0 Å². The number of para-hydroxylation sites is 1. The van der Waals surface area contributed by atoms with Crippen molar-refractivity contribution in [3.63, 3.8) is 0 Å². The predicted octanol–water partition coefficient (Wildman–Crippen LogP) is 3.70. The van der Waals surface area contributed by atoms with E-state index in [-0.39, 0.29) is 6.04 Å². The molecule has 3 aliphatic rings. The fourth-order valence-corrected chi connectivity index (χ4v) is 5.23. The second-order valence-electron chi connectivity index (χ2n) is 7.55. The number of aliphatic hydroxyl groups is 1. The molecular formula is C21H27N2O+.